The third-order valence-electron chi connectivity index (χ3n) is 3.88. The second-order valence-electron chi connectivity index (χ2n) is 5.46. The molecule has 1 unspecified atom stereocenters. The van der Waals surface area contributed by atoms with Gasteiger partial charge in [-0.3, -0.25) is 19.9 Å². The third-order valence-corrected chi connectivity index (χ3v) is 3.88. The zero-order valence-electron chi connectivity index (χ0n) is 12.8. The number of nitro groups is 1. The maximum Gasteiger partial charge on any atom is 0.381 e. The van der Waals surface area contributed by atoms with E-state index in [0.29, 0.717) is 25.5 Å². The Bertz CT molecular complexity index is 700. The van der Waals surface area contributed by atoms with Crippen LogP contribution in [0.4, 0.5) is 5.69 Å². The molecule has 0 amide bonds. The summed E-state index contributed by atoms with van der Waals surface area (Å²) in [6.07, 6.45) is 0.883. The molecule has 1 saturated heterocycles. The number of rotatable bonds is 4. The summed E-state index contributed by atoms with van der Waals surface area (Å²) < 4.78 is 5.34. The van der Waals surface area contributed by atoms with Crippen molar-refractivity contribution in [3.8, 4) is 0 Å². The topological polar surface area (TPSA) is 114 Å². The summed E-state index contributed by atoms with van der Waals surface area (Å²) in [6.45, 7) is 2.04. The summed E-state index contributed by atoms with van der Waals surface area (Å²) in [6, 6.07) is 4.86. The molecule has 0 spiro atoms. The fourth-order valence-electron chi connectivity index (χ4n) is 2.68. The average Bonchev–Trinajstić information content (AvgIpc) is 2.61. The highest BCUT2D eigenvalue weighted by Crippen LogP contribution is 2.17. The molecule has 3 rings (SSSR count). The molecule has 0 saturated carbocycles. The number of ether oxygens (including phenoxy) is 1. The van der Waals surface area contributed by atoms with Gasteiger partial charge in [-0.15, -0.1) is 0 Å². The van der Waals surface area contributed by atoms with E-state index in [0.717, 1.165) is 13.0 Å². The quantitative estimate of drug-likeness (QED) is 0.284. The molecule has 2 aliphatic rings. The van der Waals surface area contributed by atoms with Crippen molar-refractivity contribution in [3.63, 3.8) is 0 Å². The number of hydrogen-bond donors (Lipinski definition) is 1. The highest BCUT2D eigenvalue weighted by Gasteiger charge is 2.32. The molecule has 2 heterocycles. The van der Waals surface area contributed by atoms with E-state index in [1.807, 2.05) is 4.90 Å². The molecule has 9 nitrogen and oxygen atoms in total. The van der Waals surface area contributed by atoms with Crippen LogP contribution in [-0.4, -0.2) is 53.4 Å². The standard InChI is InChI=1S/C15H16N4O5/c20-13(10-2-4-11(5-3-10)19(22)23)14(21)24-12-6-8-17-15-16-7-1-9-18(12)15/h2-5,12H,1,6-9H2,(H,16,17). The number of nitrogens with zero attached hydrogens (tertiary/aromatic N) is 3. The van der Waals surface area contributed by atoms with Gasteiger partial charge in [-0.05, 0) is 18.6 Å². The molecule has 1 N–H and O–H groups in total. The van der Waals surface area contributed by atoms with Crippen molar-refractivity contribution >= 4 is 23.4 Å². The highest BCUT2D eigenvalue weighted by molar-refractivity contribution is 6.40. The first-order chi connectivity index (χ1) is 11.6. The number of non-ortho nitro benzene ring substituents is 1. The summed E-state index contributed by atoms with van der Waals surface area (Å²) in [4.78, 5) is 40.5. The van der Waals surface area contributed by atoms with Crippen LogP contribution in [0.1, 0.15) is 23.2 Å². The van der Waals surface area contributed by atoms with Crippen molar-refractivity contribution in [1.82, 2.24) is 10.2 Å². The minimum atomic E-state index is -0.972. The van der Waals surface area contributed by atoms with Gasteiger partial charge < -0.3 is 15.0 Å². The molecule has 0 bridgehead atoms. The average molecular weight is 332 g/mol. The molecule has 126 valence electrons. The summed E-state index contributed by atoms with van der Waals surface area (Å²) in [5.74, 6) is -1.10. The molecule has 24 heavy (non-hydrogen) atoms. The number of ketones is 1. The molecule has 1 atom stereocenters. The first-order valence-corrected chi connectivity index (χ1v) is 7.61. The molecule has 1 aromatic rings. The van der Waals surface area contributed by atoms with Crippen LogP contribution in [0, 0.1) is 10.1 Å². The number of aliphatic imine (C=N–C) groups is 1. The Morgan fingerprint density at radius 1 is 1.33 bits per heavy atom. The molecule has 9 heteroatoms. The van der Waals surface area contributed by atoms with Crippen LogP contribution in [0.3, 0.4) is 0 Å². The van der Waals surface area contributed by atoms with Gasteiger partial charge in [0.15, 0.2) is 12.2 Å². The number of fused-ring (bicyclic) bond motifs is 1. The third kappa shape index (κ3) is 3.19. The first-order valence-electron chi connectivity index (χ1n) is 7.61. The van der Waals surface area contributed by atoms with E-state index in [1.54, 1.807) is 0 Å². The van der Waals surface area contributed by atoms with E-state index in [4.69, 9.17) is 4.74 Å². The molecule has 2 aliphatic heterocycles. The fraction of sp³-hybridized carbons (Fsp3) is 0.400. The zero-order valence-corrected chi connectivity index (χ0v) is 12.8. The number of Topliss-reactive ketones (excluding diaryl/α,β-unsaturated/α-hetero) is 1. The van der Waals surface area contributed by atoms with Crippen LogP contribution in [0.15, 0.2) is 29.3 Å². The number of carbonyl (C=O) groups is 2. The van der Waals surface area contributed by atoms with E-state index in [-0.39, 0.29) is 11.3 Å². The maximum absolute atomic E-state index is 12.2. The number of carbonyl (C=O) groups excluding carboxylic acids is 2. The molecule has 1 aromatic carbocycles. The molecular weight excluding hydrogens is 316 g/mol. The van der Waals surface area contributed by atoms with Crippen LogP contribution in [0.25, 0.3) is 0 Å². The SMILES string of the molecule is O=C(OC1CCNC2=NCCCN21)C(=O)c1ccc([N+](=O)[O-])cc1. The van der Waals surface area contributed by atoms with Crippen LogP contribution in [0.5, 0.6) is 0 Å². The summed E-state index contributed by atoms with van der Waals surface area (Å²) in [5.41, 5.74) is -0.0838. The Hall–Kier alpha value is -2.97. The van der Waals surface area contributed by atoms with Crippen molar-refractivity contribution in [2.24, 2.45) is 4.99 Å². The fourth-order valence-corrected chi connectivity index (χ4v) is 2.68. The van der Waals surface area contributed by atoms with Gasteiger partial charge >= 0.3 is 5.97 Å². The normalized spacial score (nSPS) is 19.6. The minimum absolute atomic E-state index is 0.0621. The summed E-state index contributed by atoms with van der Waals surface area (Å²) >= 11 is 0. The Labute approximate surface area is 137 Å². The van der Waals surface area contributed by atoms with Crippen LogP contribution < -0.4 is 5.32 Å². The van der Waals surface area contributed by atoms with Crippen molar-refractivity contribution in [1.29, 1.82) is 0 Å². The molecule has 1 fully saturated rings. The summed E-state index contributed by atoms with van der Waals surface area (Å²) in [7, 11) is 0. The smallest absolute Gasteiger partial charge is 0.381 e. The Morgan fingerprint density at radius 3 is 2.79 bits per heavy atom. The highest BCUT2D eigenvalue weighted by atomic mass is 16.6. The van der Waals surface area contributed by atoms with Crippen LogP contribution in [-0.2, 0) is 9.53 Å². The Morgan fingerprint density at radius 2 is 2.08 bits per heavy atom. The lowest BCUT2D eigenvalue weighted by Gasteiger charge is -2.39. The van der Waals surface area contributed by atoms with Crippen molar-refractivity contribution in [2.45, 2.75) is 19.1 Å². The number of guanidine groups is 1. The predicted octanol–water partition coefficient (Wildman–Crippen LogP) is 0.702. The van der Waals surface area contributed by atoms with E-state index in [2.05, 4.69) is 10.3 Å². The first kappa shape index (κ1) is 15.9. The Kier molecular flexibility index (Phi) is 4.41. The zero-order chi connectivity index (χ0) is 17.1. The van der Waals surface area contributed by atoms with Gasteiger partial charge in [0.25, 0.3) is 11.5 Å². The monoisotopic (exact) mass is 332 g/mol. The Balaban J connectivity index is 1.67. The number of benzene rings is 1. The van der Waals surface area contributed by atoms with Crippen molar-refractivity contribution < 1.29 is 19.2 Å². The largest absolute Gasteiger partial charge is 0.435 e. The van der Waals surface area contributed by atoms with Gasteiger partial charge in [-0.1, -0.05) is 0 Å². The van der Waals surface area contributed by atoms with Gasteiger partial charge in [0.05, 0.1) is 4.92 Å². The van der Waals surface area contributed by atoms with Crippen LogP contribution in [0.2, 0.25) is 0 Å². The van der Waals surface area contributed by atoms with Gasteiger partial charge in [-0.2, -0.15) is 0 Å². The van der Waals surface area contributed by atoms with Gasteiger partial charge in [0.1, 0.15) is 0 Å². The van der Waals surface area contributed by atoms with Gasteiger partial charge in [0, 0.05) is 43.8 Å². The van der Waals surface area contributed by atoms with E-state index < -0.39 is 22.9 Å². The number of hydrogen-bond acceptors (Lipinski definition) is 8. The molecule has 0 aliphatic carbocycles. The summed E-state index contributed by atoms with van der Waals surface area (Å²) in [5, 5.41) is 13.8. The lowest BCUT2D eigenvalue weighted by atomic mass is 10.1. The number of nitro benzene ring substituents is 1. The lowest BCUT2D eigenvalue weighted by molar-refractivity contribution is -0.384. The second kappa shape index (κ2) is 6.65. The van der Waals surface area contributed by atoms with E-state index in [1.165, 1.54) is 24.3 Å². The van der Waals surface area contributed by atoms with Crippen LogP contribution >= 0.6 is 0 Å². The van der Waals surface area contributed by atoms with E-state index >= 15 is 0 Å². The number of nitrogens with one attached hydrogen (secondary N) is 1. The minimum Gasteiger partial charge on any atom is -0.435 e. The molecule has 0 radical (unpaired) electrons. The second-order valence-corrected chi connectivity index (χ2v) is 5.46. The lowest BCUT2D eigenvalue weighted by Crippen LogP contribution is -2.56. The van der Waals surface area contributed by atoms with Gasteiger partial charge in [-0.25, -0.2) is 4.79 Å². The van der Waals surface area contributed by atoms with Gasteiger partial charge in [0.2, 0.25) is 0 Å². The number of esters is 1. The predicted molar refractivity (Wildman–Crippen MR) is 83.6 cm³/mol. The molecular formula is C15H16N4O5. The molecule has 0 aromatic heterocycles. The van der Waals surface area contributed by atoms with Crippen molar-refractivity contribution in [3.05, 3.63) is 39.9 Å². The van der Waals surface area contributed by atoms with E-state index in [9.17, 15) is 19.7 Å². The van der Waals surface area contributed by atoms with Crippen molar-refractivity contribution in [2.75, 3.05) is 19.6 Å². The maximum atomic E-state index is 12.2.